The van der Waals surface area contributed by atoms with Gasteiger partial charge in [0.05, 0.1) is 4.90 Å². The number of anilines is 1. The number of hydrogen-bond acceptors (Lipinski definition) is 3. The van der Waals surface area contributed by atoms with Gasteiger partial charge < -0.3 is 5.73 Å². The Morgan fingerprint density at radius 3 is 2.14 bits per heavy atom. The molecule has 0 saturated carbocycles. The summed E-state index contributed by atoms with van der Waals surface area (Å²) in [6.07, 6.45) is 4.44. The smallest absolute Gasteiger partial charge is 0.244 e. The highest BCUT2D eigenvalue weighted by atomic mass is 32.2. The van der Waals surface area contributed by atoms with Gasteiger partial charge in [-0.15, -0.1) is 13.2 Å². The fourth-order valence-electron chi connectivity index (χ4n) is 2.24. The first-order valence-corrected chi connectivity index (χ1v) is 8.49. The zero-order valence-electron chi connectivity index (χ0n) is 12.8. The van der Waals surface area contributed by atoms with Crippen molar-refractivity contribution >= 4 is 15.7 Å². The summed E-state index contributed by atoms with van der Waals surface area (Å²) in [5, 5.41) is 0. The van der Waals surface area contributed by atoms with E-state index in [0.29, 0.717) is 22.6 Å². The fraction of sp³-hybridized carbons (Fsp3) is 0.375. The Kier molecular flexibility index (Phi) is 6.18. The Balaban J connectivity index is 3.50. The third kappa shape index (κ3) is 3.74. The Morgan fingerprint density at radius 1 is 1.14 bits per heavy atom. The second-order valence-corrected chi connectivity index (χ2v) is 6.67. The molecule has 1 rings (SSSR count). The number of rotatable bonds is 8. The fourth-order valence-corrected chi connectivity index (χ4v) is 3.99. The molecule has 0 fully saturated rings. The molecule has 1 aromatic carbocycles. The van der Waals surface area contributed by atoms with E-state index in [2.05, 4.69) is 13.2 Å². The van der Waals surface area contributed by atoms with E-state index < -0.39 is 10.0 Å². The van der Waals surface area contributed by atoms with E-state index in [1.165, 1.54) is 4.31 Å². The van der Waals surface area contributed by atoms with Gasteiger partial charge in [0.15, 0.2) is 0 Å². The largest absolute Gasteiger partial charge is 0.398 e. The Labute approximate surface area is 128 Å². The molecule has 1 aromatic rings. The van der Waals surface area contributed by atoms with Gasteiger partial charge in [0, 0.05) is 18.8 Å². The van der Waals surface area contributed by atoms with E-state index in [1.54, 1.807) is 18.2 Å². The molecule has 0 bridgehead atoms. The van der Waals surface area contributed by atoms with Crippen molar-refractivity contribution in [2.45, 2.75) is 31.6 Å². The van der Waals surface area contributed by atoms with Crippen LogP contribution in [-0.2, 0) is 22.9 Å². The van der Waals surface area contributed by atoms with Crippen molar-refractivity contribution in [1.82, 2.24) is 4.31 Å². The summed E-state index contributed by atoms with van der Waals surface area (Å²) in [6.45, 7) is 11.6. The molecule has 0 radical (unpaired) electrons. The quantitative estimate of drug-likeness (QED) is 0.593. The molecule has 0 aliphatic carbocycles. The highest BCUT2D eigenvalue weighted by molar-refractivity contribution is 7.89. The van der Waals surface area contributed by atoms with Crippen molar-refractivity contribution in [3.63, 3.8) is 0 Å². The zero-order chi connectivity index (χ0) is 16.0. The summed E-state index contributed by atoms with van der Waals surface area (Å²) in [6, 6.07) is 3.58. The van der Waals surface area contributed by atoms with Gasteiger partial charge in [-0.3, -0.25) is 0 Å². The number of sulfonamides is 1. The maximum absolute atomic E-state index is 12.9. The lowest BCUT2D eigenvalue weighted by Crippen LogP contribution is -2.32. The Hall–Kier alpha value is -1.59. The first kappa shape index (κ1) is 17.5. The standard InChI is InChI=1S/C16H24N2O2S/c1-5-9-18(10-6-2)21(19,20)16-12-13(7-3)11-15(17)14(16)8-4/h5-6,11-12H,1-2,7-10,17H2,3-4H3. The van der Waals surface area contributed by atoms with Crippen molar-refractivity contribution in [3.05, 3.63) is 48.6 Å². The molecule has 0 atom stereocenters. The highest BCUT2D eigenvalue weighted by Crippen LogP contribution is 2.27. The summed E-state index contributed by atoms with van der Waals surface area (Å²) in [7, 11) is -3.61. The molecule has 0 spiro atoms. The molecule has 21 heavy (non-hydrogen) atoms. The lowest BCUT2D eigenvalue weighted by Gasteiger charge is -2.22. The average Bonchev–Trinajstić information content (AvgIpc) is 2.46. The summed E-state index contributed by atoms with van der Waals surface area (Å²) >= 11 is 0. The lowest BCUT2D eigenvalue weighted by atomic mass is 10.1. The third-order valence-electron chi connectivity index (χ3n) is 3.35. The van der Waals surface area contributed by atoms with Gasteiger partial charge in [0.1, 0.15) is 0 Å². The lowest BCUT2D eigenvalue weighted by molar-refractivity contribution is 0.473. The van der Waals surface area contributed by atoms with E-state index in [1.807, 2.05) is 19.9 Å². The predicted octanol–water partition coefficient (Wildman–Crippen LogP) is 2.76. The van der Waals surface area contributed by atoms with Crippen molar-refractivity contribution in [3.8, 4) is 0 Å². The molecule has 0 saturated heterocycles. The van der Waals surface area contributed by atoms with Crippen LogP contribution in [-0.4, -0.2) is 25.8 Å². The minimum absolute atomic E-state index is 0.244. The number of aryl methyl sites for hydroxylation is 1. The van der Waals surface area contributed by atoms with Gasteiger partial charge in [0.2, 0.25) is 10.0 Å². The molecule has 4 nitrogen and oxygen atoms in total. The summed E-state index contributed by atoms with van der Waals surface area (Å²) in [4.78, 5) is 0.297. The topological polar surface area (TPSA) is 63.4 Å². The van der Waals surface area contributed by atoms with Gasteiger partial charge >= 0.3 is 0 Å². The third-order valence-corrected chi connectivity index (χ3v) is 5.25. The first-order valence-electron chi connectivity index (χ1n) is 7.05. The summed E-state index contributed by atoms with van der Waals surface area (Å²) in [5.41, 5.74) is 8.15. The van der Waals surface area contributed by atoms with Crippen LogP contribution in [0.5, 0.6) is 0 Å². The van der Waals surface area contributed by atoms with Crippen molar-refractivity contribution < 1.29 is 8.42 Å². The first-order chi connectivity index (χ1) is 9.92. The van der Waals surface area contributed by atoms with Gasteiger partial charge in [-0.25, -0.2) is 8.42 Å². The van der Waals surface area contributed by atoms with Crippen LogP contribution >= 0.6 is 0 Å². The average molecular weight is 308 g/mol. The van der Waals surface area contributed by atoms with Crippen LogP contribution < -0.4 is 5.73 Å². The predicted molar refractivity (Wildman–Crippen MR) is 88.8 cm³/mol. The van der Waals surface area contributed by atoms with Crippen LogP contribution in [0.1, 0.15) is 25.0 Å². The van der Waals surface area contributed by atoms with Gasteiger partial charge in [-0.2, -0.15) is 4.31 Å². The molecular formula is C16H24N2O2S. The number of nitrogens with zero attached hydrogens (tertiary/aromatic N) is 1. The van der Waals surface area contributed by atoms with E-state index in [-0.39, 0.29) is 13.1 Å². The number of benzene rings is 1. The Morgan fingerprint density at radius 2 is 1.71 bits per heavy atom. The van der Waals surface area contributed by atoms with Crippen molar-refractivity contribution in [1.29, 1.82) is 0 Å². The second kappa shape index (κ2) is 7.43. The monoisotopic (exact) mass is 308 g/mol. The van der Waals surface area contributed by atoms with E-state index in [0.717, 1.165) is 12.0 Å². The summed E-state index contributed by atoms with van der Waals surface area (Å²) < 4.78 is 27.1. The minimum atomic E-state index is -3.61. The van der Waals surface area contributed by atoms with E-state index >= 15 is 0 Å². The minimum Gasteiger partial charge on any atom is -0.398 e. The van der Waals surface area contributed by atoms with Crippen molar-refractivity contribution in [2.75, 3.05) is 18.8 Å². The van der Waals surface area contributed by atoms with Crippen LogP contribution in [0.15, 0.2) is 42.3 Å². The molecule has 2 N–H and O–H groups in total. The molecular weight excluding hydrogens is 284 g/mol. The normalized spacial score (nSPS) is 11.6. The molecule has 0 aliphatic rings. The SMILES string of the molecule is C=CCN(CC=C)S(=O)(=O)c1cc(CC)cc(N)c1CC. The molecule has 0 aliphatic heterocycles. The van der Waals surface area contributed by atoms with Gasteiger partial charge in [-0.1, -0.05) is 26.0 Å². The van der Waals surface area contributed by atoms with E-state index in [9.17, 15) is 8.42 Å². The molecule has 0 unspecified atom stereocenters. The highest BCUT2D eigenvalue weighted by Gasteiger charge is 2.26. The van der Waals surface area contributed by atoms with Crippen LogP contribution in [0.25, 0.3) is 0 Å². The molecule has 0 heterocycles. The Bertz CT molecular complexity index is 611. The molecule has 5 heteroatoms. The number of hydrogen-bond donors (Lipinski definition) is 1. The van der Waals surface area contributed by atoms with Crippen LogP contribution in [0.3, 0.4) is 0 Å². The maximum Gasteiger partial charge on any atom is 0.244 e. The molecule has 0 amide bonds. The van der Waals surface area contributed by atoms with Crippen LogP contribution in [0.4, 0.5) is 5.69 Å². The molecule has 116 valence electrons. The number of nitrogens with two attached hydrogens (primary N) is 1. The second-order valence-electron chi connectivity index (χ2n) is 4.77. The van der Waals surface area contributed by atoms with Crippen molar-refractivity contribution in [2.24, 2.45) is 0 Å². The van der Waals surface area contributed by atoms with Crippen LogP contribution in [0.2, 0.25) is 0 Å². The van der Waals surface area contributed by atoms with E-state index in [4.69, 9.17) is 5.73 Å². The maximum atomic E-state index is 12.9. The molecule has 0 aromatic heterocycles. The number of nitrogen functional groups attached to an aromatic ring is 1. The zero-order valence-corrected chi connectivity index (χ0v) is 13.6. The van der Waals surface area contributed by atoms with Gasteiger partial charge in [-0.05, 0) is 36.1 Å². The van der Waals surface area contributed by atoms with Crippen LogP contribution in [0, 0.1) is 0 Å². The summed E-state index contributed by atoms with van der Waals surface area (Å²) in [5.74, 6) is 0. The van der Waals surface area contributed by atoms with Gasteiger partial charge in [0.25, 0.3) is 0 Å².